The zero-order chi connectivity index (χ0) is 11.1. The Morgan fingerprint density at radius 2 is 2.00 bits per heavy atom. The van der Waals surface area contributed by atoms with Gasteiger partial charge in [0.25, 0.3) is 0 Å². The summed E-state index contributed by atoms with van der Waals surface area (Å²) in [4.78, 5) is 2.23. The summed E-state index contributed by atoms with van der Waals surface area (Å²) in [6.07, 6.45) is 4.00. The molecule has 0 radical (unpaired) electrons. The molecule has 1 fully saturated rings. The zero-order valence-corrected chi connectivity index (χ0v) is 9.81. The summed E-state index contributed by atoms with van der Waals surface area (Å²) < 4.78 is 12.4. The molecule has 2 heteroatoms. The third kappa shape index (κ3) is 4.45. The molecule has 1 nitrogen and oxygen atoms in total. The molecule has 0 heterocycles. The SMILES string of the molecule is C=C(F)/C=C(\C)N(CC)C1CC1.CC. The lowest BCUT2D eigenvalue weighted by Crippen LogP contribution is -2.23. The second kappa shape index (κ2) is 6.63. The topological polar surface area (TPSA) is 3.24 Å². The molecule has 0 bridgehead atoms. The van der Waals surface area contributed by atoms with Crippen LogP contribution in [0, 0.1) is 0 Å². The number of halogens is 1. The predicted molar refractivity (Wildman–Crippen MR) is 60.8 cm³/mol. The minimum absolute atomic E-state index is 0.355. The zero-order valence-electron chi connectivity index (χ0n) is 9.81. The Balaban J connectivity index is 0.000000791. The van der Waals surface area contributed by atoms with Crippen molar-refractivity contribution in [2.24, 2.45) is 0 Å². The minimum Gasteiger partial charge on any atom is -0.372 e. The van der Waals surface area contributed by atoms with Crippen molar-refractivity contribution >= 4 is 0 Å². The van der Waals surface area contributed by atoms with Crippen LogP contribution < -0.4 is 0 Å². The molecule has 0 saturated heterocycles. The second-order valence-corrected chi connectivity index (χ2v) is 3.25. The quantitative estimate of drug-likeness (QED) is 0.621. The van der Waals surface area contributed by atoms with Gasteiger partial charge < -0.3 is 4.90 Å². The van der Waals surface area contributed by atoms with Crippen molar-refractivity contribution in [3.05, 3.63) is 24.2 Å². The molecule has 0 aromatic rings. The van der Waals surface area contributed by atoms with Crippen LogP contribution in [0.25, 0.3) is 0 Å². The van der Waals surface area contributed by atoms with Gasteiger partial charge in [0.1, 0.15) is 5.83 Å². The molecular formula is C12H22FN. The number of nitrogens with zero attached hydrogens (tertiary/aromatic N) is 1. The summed E-state index contributed by atoms with van der Waals surface area (Å²) in [6, 6.07) is 0.658. The normalized spacial score (nSPS) is 15.6. The van der Waals surface area contributed by atoms with E-state index in [2.05, 4.69) is 18.4 Å². The Kier molecular flexibility index (Phi) is 6.26. The summed E-state index contributed by atoms with van der Waals surface area (Å²) in [7, 11) is 0. The van der Waals surface area contributed by atoms with Gasteiger partial charge in [0.2, 0.25) is 0 Å². The van der Waals surface area contributed by atoms with Gasteiger partial charge in [-0.15, -0.1) is 0 Å². The van der Waals surface area contributed by atoms with E-state index in [1.807, 2.05) is 20.8 Å². The molecule has 82 valence electrons. The van der Waals surface area contributed by atoms with Gasteiger partial charge in [-0.2, -0.15) is 0 Å². The maximum Gasteiger partial charge on any atom is 0.117 e. The lowest BCUT2D eigenvalue weighted by atomic mass is 10.3. The van der Waals surface area contributed by atoms with Crippen LogP contribution in [-0.4, -0.2) is 17.5 Å². The summed E-state index contributed by atoms with van der Waals surface area (Å²) in [6.45, 7) is 12.2. The predicted octanol–water partition coefficient (Wildman–Crippen LogP) is 3.88. The first-order chi connectivity index (χ1) is 6.65. The lowest BCUT2D eigenvalue weighted by molar-refractivity contribution is 0.352. The number of allylic oxidation sites excluding steroid dienone is 3. The van der Waals surface area contributed by atoms with E-state index < -0.39 is 0 Å². The highest BCUT2D eigenvalue weighted by Gasteiger charge is 2.27. The van der Waals surface area contributed by atoms with Gasteiger partial charge in [0.05, 0.1) is 0 Å². The molecule has 0 N–H and O–H groups in total. The highest BCUT2D eigenvalue weighted by atomic mass is 19.1. The van der Waals surface area contributed by atoms with E-state index in [0.29, 0.717) is 6.04 Å². The van der Waals surface area contributed by atoms with Gasteiger partial charge >= 0.3 is 0 Å². The van der Waals surface area contributed by atoms with Gasteiger partial charge in [-0.25, -0.2) is 4.39 Å². The monoisotopic (exact) mass is 199 g/mol. The van der Waals surface area contributed by atoms with E-state index in [-0.39, 0.29) is 5.83 Å². The summed E-state index contributed by atoms with van der Waals surface area (Å²) in [5, 5.41) is 0. The third-order valence-electron chi connectivity index (χ3n) is 2.15. The van der Waals surface area contributed by atoms with Crippen LogP contribution in [0.1, 0.15) is 40.5 Å². The molecule has 0 aromatic carbocycles. The van der Waals surface area contributed by atoms with E-state index in [4.69, 9.17) is 0 Å². The highest BCUT2D eigenvalue weighted by molar-refractivity contribution is 5.14. The van der Waals surface area contributed by atoms with Crippen molar-refractivity contribution in [2.45, 2.75) is 46.6 Å². The highest BCUT2D eigenvalue weighted by Crippen LogP contribution is 2.29. The maximum absolute atomic E-state index is 12.4. The van der Waals surface area contributed by atoms with Gasteiger partial charge in [-0.1, -0.05) is 20.4 Å². The van der Waals surface area contributed by atoms with Crippen LogP contribution in [0.4, 0.5) is 4.39 Å². The summed E-state index contributed by atoms with van der Waals surface area (Å²) in [5.74, 6) is -0.355. The Hall–Kier alpha value is -0.790. The first-order valence-electron chi connectivity index (χ1n) is 5.44. The van der Waals surface area contributed by atoms with E-state index in [0.717, 1.165) is 12.2 Å². The van der Waals surface area contributed by atoms with Crippen LogP contribution in [-0.2, 0) is 0 Å². The van der Waals surface area contributed by atoms with Crippen LogP contribution in [0.15, 0.2) is 24.2 Å². The Bertz CT molecular complexity index is 204. The lowest BCUT2D eigenvalue weighted by Gasteiger charge is -2.23. The molecule has 1 rings (SSSR count). The van der Waals surface area contributed by atoms with Gasteiger partial charge in [0, 0.05) is 18.3 Å². The molecule has 0 atom stereocenters. The van der Waals surface area contributed by atoms with Crippen LogP contribution in [0.2, 0.25) is 0 Å². The van der Waals surface area contributed by atoms with Crippen molar-refractivity contribution in [1.82, 2.24) is 4.90 Å². The molecule has 1 aliphatic carbocycles. The standard InChI is InChI=1S/C10H16FN.C2H6/c1-4-12(10-5-6-10)9(3)7-8(2)11;1-2/h7,10H,2,4-6H2,1,3H3;1-2H3/b9-7+;. The Labute approximate surface area is 87.3 Å². The number of hydrogen-bond donors (Lipinski definition) is 0. The van der Waals surface area contributed by atoms with Crippen molar-refractivity contribution in [1.29, 1.82) is 0 Å². The van der Waals surface area contributed by atoms with Crippen molar-refractivity contribution in [3.8, 4) is 0 Å². The van der Waals surface area contributed by atoms with Crippen molar-refractivity contribution in [2.75, 3.05) is 6.54 Å². The first-order valence-corrected chi connectivity index (χ1v) is 5.44. The van der Waals surface area contributed by atoms with Crippen LogP contribution >= 0.6 is 0 Å². The Morgan fingerprint density at radius 1 is 1.50 bits per heavy atom. The van der Waals surface area contributed by atoms with E-state index in [1.165, 1.54) is 18.9 Å². The largest absolute Gasteiger partial charge is 0.372 e. The third-order valence-corrected chi connectivity index (χ3v) is 2.15. The Morgan fingerprint density at radius 3 is 2.29 bits per heavy atom. The summed E-state index contributed by atoms with van der Waals surface area (Å²) >= 11 is 0. The molecular weight excluding hydrogens is 177 g/mol. The fraction of sp³-hybridized carbons (Fsp3) is 0.667. The molecule has 1 saturated carbocycles. The molecule has 0 amide bonds. The molecule has 0 spiro atoms. The first kappa shape index (κ1) is 13.2. The molecule has 0 aliphatic heterocycles. The molecule has 14 heavy (non-hydrogen) atoms. The fourth-order valence-electron chi connectivity index (χ4n) is 1.49. The maximum atomic E-state index is 12.4. The average Bonchev–Trinajstić information content (AvgIpc) is 2.92. The fourth-order valence-corrected chi connectivity index (χ4v) is 1.49. The average molecular weight is 199 g/mol. The van der Waals surface area contributed by atoms with E-state index >= 15 is 0 Å². The van der Waals surface area contributed by atoms with E-state index in [9.17, 15) is 4.39 Å². The van der Waals surface area contributed by atoms with E-state index in [1.54, 1.807) is 0 Å². The van der Waals surface area contributed by atoms with Crippen molar-refractivity contribution in [3.63, 3.8) is 0 Å². The minimum atomic E-state index is -0.355. The van der Waals surface area contributed by atoms with Gasteiger partial charge in [-0.05, 0) is 32.8 Å². The summed E-state index contributed by atoms with van der Waals surface area (Å²) in [5.41, 5.74) is 0.993. The van der Waals surface area contributed by atoms with Crippen LogP contribution in [0.5, 0.6) is 0 Å². The van der Waals surface area contributed by atoms with Crippen LogP contribution in [0.3, 0.4) is 0 Å². The van der Waals surface area contributed by atoms with Gasteiger partial charge in [0.15, 0.2) is 0 Å². The van der Waals surface area contributed by atoms with Crippen molar-refractivity contribution < 1.29 is 4.39 Å². The van der Waals surface area contributed by atoms with Gasteiger partial charge in [-0.3, -0.25) is 0 Å². The number of hydrogen-bond acceptors (Lipinski definition) is 1. The molecule has 0 aromatic heterocycles. The molecule has 1 aliphatic rings. The second-order valence-electron chi connectivity index (χ2n) is 3.25. The number of rotatable bonds is 4. The smallest absolute Gasteiger partial charge is 0.117 e. The molecule has 0 unspecified atom stereocenters.